The van der Waals surface area contributed by atoms with Gasteiger partial charge >= 0.3 is 12.4 Å². The van der Waals surface area contributed by atoms with Crippen LogP contribution in [-0.4, -0.2) is 10.1 Å². The first kappa shape index (κ1) is 12.8. The predicted molar refractivity (Wildman–Crippen MR) is 40.2 cm³/mol. The van der Waals surface area contributed by atoms with E-state index in [2.05, 4.69) is 4.98 Å². The summed E-state index contributed by atoms with van der Waals surface area (Å²) in [6, 6.07) is -0.119. The van der Waals surface area contributed by atoms with Gasteiger partial charge in [-0.2, -0.15) is 26.3 Å². The Bertz CT molecular complexity index is 383. The standard InChI is InChI=1S/C8H5F6NO/c9-7(10,11)5-1-6(8(12,13)14)15-2-4(5)3-16/h1-2,16H,3H2. The maximum atomic E-state index is 12.3. The van der Waals surface area contributed by atoms with Crippen molar-refractivity contribution >= 4 is 0 Å². The van der Waals surface area contributed by atoms with Gasteiger partial charge in [-0.05, 0) is 6.07 Å². The van der Waals surface area contributed by atoms with Crippen LogP contribution in [0.15, 0.2) is 12.3 Å². The summed E-state index contributed by atoms with van der Waals surface area (Å²) in [6.07, 6.45) is -9.54. The molecule has 0 saturated heterocycles. The van der Waals surface area contributed by atoms with Crippen molar-refractivity contribution in [1.82, 2.24) is 4.98 Å². The van der Waals surface area contributed by atoms with Crippen molar-refractivity contribution in [2.75, 3.05) is 0 Å². The number of nitrogens with zero attached hydrogens (tertiary/aromatic N) is 1. The number of rotatable bonds is 1. The summed E-state index contributed by atoms with van der Waals surface area (Å²) >= 11 is 0. The zero-order valence-electron chi connectivity index (χ0n) is 7.52. The summed E-state index contributed by atoms with van der Waals surface area (Å²) in [5.41, 5.74) is -3.87. The molecule has 1 N–H and O–H groups in total. The zero-order valence-corrected chi connectivity index (χ0v) is 7.52. The van der Waals surface area contributed by atoms with Crippen molar-refractivity contribution < 1.29 is 31.4 Å². The van der Waals surface area contributed by atoms with E-state index in [1.165, 1.54) is 0 Å². The van der Waals surface area contributed by atoms with Gasteiger partial charge in [-0.15, -0.1) is 0 Å². The van der Waals surface area contributed by atoms with E-state index >= 15 is 0 Å². The highest BCUT2D eigenvalue weighted by molar-refractivity contribution is 5.29. The molecule has 0 unspecified atom stereocenters. The number of aliphatic hydroxyl groups excluding tert-OH is 1. The van der Waals surface area contributed by atoms with E-state index in [0.717, 1.165) is 0 Å². The Morgan fingerprint density at radius 1 is 1.06 bits per heavy atom. The average Bonchev–Trinajstić information content (AvgIpc) is 2.14. The fourth-order valence-corrected chi connectivity index (χ4v) is 1.03. The molecular formula is C8H5F6NO. The van der Waals surface area contributed by atoms with Gasteiger partial charge in [-0.3, -0.25) is 4.98 Å². The van der Waals surface area contributed by atoms with Crippen LogP contribution in [0.3, 0.4) is 0 Å². The van der Waals surface area contributed by atoms with Gasteiger partial charge in [-0.1, -0.05) is 0 Å². The molecule has 1 aromatic rings. The Morgan fingerprint density at radius 2 is 1.62 bits per heavy atom. The summed E-state index contributed by atoms with van der Waals surface area (Å²) in [5.74, 6) is 0. The molecule has 1 heterocycles. The van der Waals surface area contributed by atoms with Crippen molar-refractivity contribution in [3.05, 3.63) is 29.1 Å². The van der Waals surface area contributed by atoms with Gasteiger partial charge in [0, 0.05) is 11.8 Å². The smallest absolute Gasteiger partial charge is 0.392 e. The molecule has 0 aromatic carbocycles. The number of hydrogen-bond donors (Lipinski definition) is 1. The summed E-state index contributed by atoms with van der Waals surface area (Å²) in [5, 5.41) is 8.55. The highest BCUT2D eigenvalue weighted by atomic mass is 19.4. The van der Waals surface area contributed by atoms with Crippen molar-refractivity contribution in [3.8, 4) is 0 Å². The fraction of sp³-hybridized carbons (Fsp3) is 0.375. The van der Waals surface area contributed by atoms with Crippen LogP contribution >= 0.6 is 0 Å². The van der Waals surface area contributed by atoms with E-state index in [-0.39, 0.29) is 6.07 Å². The number of pyridine rings is 1. The Balaban J connectivity index is 3.34. The van der Waals surface area contributed by atoms with Gasteiger partial charge in [0.15, 0.2) is 0 Å². The largest absolute Gasteiger partial charge is 0.433 e. The van der Waals surface area contributed by atoms with Gasteiger partial charge in [0.25, 0.3) is 0 Å². The maximum absolute atomic E-state index is 12.3. The lowest BCUT2D eigenvalue weighted by Crippen LogP contribution is -2.15. The number of aliphatic hydroxyl groups is 1. The number of alkyl halides is 6. The monoisotopic (exact) mass is 245 g/mol. The second-order valence-electron chi connectivity index (χ2n) is 2.88. The van der Waals surface area contributed by atoms with Crippen molar-refractivity contribution in [2.24, 2.45) is 0 Å². The van der Waals surface area contributed by atoms with E-state index in [1.54, 1.807) is 0 Å². The third-order valence-corrected chi connectivity index (χ3v) is 1.75. The average molecular weight is 245 g/mol. The van der Waals surface area contributed by atoms with E-state index in [1.807, 2.05) is 0 Å². The van der Waals surface area contributed by atoms with Crippen LogP contribution in [0.5, 0.6) is 0 Å². The second kappa shape index (κ2) is 3.93. The summed E-state index contributed by atoms with van der Waals surface area (Å²) in [6.45, 7) is -1.03. The SMILES string of the molecule is OCc1cnc(C(F)(F)F)cc1C(F)(F)F. The minimum absolute atomic E-state index is 0.119. The molecule has 0 aliphatic carbocycles. The van der Waals surface area contributed by atoms with Crippen LogP contribution in [0.4, 0.5) is 26.3 Å². The lowest BCUT2D eigenvalue weighted by atomic mass is 10.1. The lowest BCUT2D eigenvalue weighted by Gasteiger charge is -2.13. The predicted octanol–water partition coefficient (Wildman–Crippen LogP) is 2.61. The normalized spacial score (nSPS) is 12.9. The Labute approximate surface area is 85.5 Å². The van der Waals surface area contributed by atoms with Gasteiger partial charge in [0.2, 0.25) is 0 Å². The van der Waals surface area contributed by atoms with Crippen LogP contribution in [0, 0.1) is 0 Å². The zero-order chi connectivity index (χ0) is 12.6. The van der Waals surface area contributed by atoms with Crippen LogP contribution in [0.2, 0.25) is 0 Å². The van der Waals surface area contributed by atoms with E-state index < -0.39 is 35.8 Å². The van der Waals surface area contributed by atoms with E-state index in [4.69, 9.17) is 5.11 Å². The first-order chi connectivity index (χ1) is 7.16. The third-order valence-electron chi connectivity index (χ3n) is 1.75. The number of hydrogen-bond acceptors (Lipinski definition) is 2. The lowest BCUT2D eigenvalue weighted by molar-refractivity contribution is -0.146. The van der Waals surface area contributed by atoms with Gasteiger partial charge in [-0.25, -0.2) is 0 Å². The van der Waals surface area contributed by atoms with Crippen LogP contribution in [0.25, 0.3) is 0 Å². The molecule has 0 atom stereocenters. The van der Waals surface area contributed by atoms with Crippen LogP contribution in [0.1, 0.15) is 16.8 Å². The Kier molecular flexibility index (Phi) is 3.13. The topological polar surface area (TPSA) is 33.1 Å². The van der Waals surface area contributed by atoms with Crippen molar-refractivity contribution in [3.63, 3.8) is 0 Å². The Morgan fingerprint density at radius 3 is 2.00 bits per heavy atom. The molecule has 0 aliphatic heterocycles. The molecule has 0 radical (unpaired) electrons. The second-order valence-corrected chi connectivity index (χ2v) is 2.88. The number of aromatic nitrogens is 1. The summed E-state index contributed by atoms with van der Waals surface area (Å²) in [4.78, 5) is 2.81. The number of halogens is 6. The minimum atomic E-state index is -4.96. The van der Waals surface area contributed by atoms with Crippen molar-refractivity contribution in [1.29, 1.82) is 0 Å². The summed E-state index contributed by atoms with van der Waals surface area (Å²) in [7, 11) is 0. The highest BCUT2D eigenvalue weighted by Gasteiger charge is 2.38. The molecule has 0 saturated carbocycles. The highest BCUT2D eigenvalue weighted by Crippen LogP contribution is 2.35. The molecule has 0 spiro atoms. The molecule has 0 amide bonds. The van der Waals surface area contributed by atoms with Gasteiger partial charge in [0.05, 0.1) is 12.2 Å². The quantitative estimate of drug-likeness (QED) is 0.771. The van der Waals surface area contributed by atoms with E-state index in [9.17, 15) is 26.3 Å². The maximum Gasteiger partial charge on any atom is 0.433 e. The minimum Gasteiger partial charge on any atom is -0.392 e. The van der Waals surface area contributed by atoms with Gasteiger partial charge in [0.1, 0.15) is 5.69 Å². The van der Waals surface area contributed by atoms with Crippen molar-refractivity contribution in [2.45, 2.75) is 19.0 Å². The molecule has 0 bridgehead atoms. The first-order valence-electron chi connectivity index (χ1n) is 3.90. The first-order valence-corrected chi connectivity index (χ1v) is 3.90. The molecule has 0 aliphatic rings. The summed E-state index contributed by atoms with van der Waals surface area (Å²) < 4.78 is 73.2. The molecule has 2 nitrogen and oxygen atoms in total. The van der Waals surface area contributed by atoms with E-state index in [0.29, 0.717) is 6.20 Å². The molecule has 16 heavy (non-hydrogen) atoms. The van der Waals surface area contributed by atoms with Crippen LogP contribution in [-0.2, 0) is 19.0 Å². The molecule has 90 valence electrons. The Hall–Kier alpha value is -1.31. The van der Waals surface area contributed by atoms with Crippen LogP contribution < -0.4 is 0 Å². The molecule has 0 fully saturated rings. The van der Waals surface area contributed by atoms with Gasteiger partial charge < -0.3 is 5.11 Å². The third kappa shape index (κ3) is 2.63. The molecular weight excluding hydrogens is 240 g/mol. The molecule has 1 aromatic heterocycles. The molecule has 8 heteroatoms. The molecule has 1 rings (SSSR count). The fourth-order valence-electron chi connectivity index (χ4n) is 1.03.